The Balaban J connectivity index is 0.000000178. The summed E-state index contributed by atoms with van der Waals surface area (Å²) in [6.07, 6.45) is 4.01. The van der Waals surface area contributed by atoms with Gasteiger partial charge in [0.1, 0.15) is 11.5 Å². The van der Waals surface area contributed by atoms with Crippen molar-refractivity contribution in [1.82, 2.24) is 0 Å². The predicted octanol–water partition coefficient (Wildman–Crippen LogP) is 3.36. The van der Waals surface area contributed by atoms with Crippen LogP contribution in [0.15, 0.2) is 60.7 Å². The minimum Gasteiger partial charge on any atom is -0.457 e. The van der Waals surface area contributed by atoms with Gasteiger partial charge in [0.05, 0.1) is 0 Å². The summed E-state index contributed by atoms with van der Waals surface area (Å²) in [5.41, 5.74) is 0.675. The summed E-state index contributed by atoms with van der Waals surface area (Å²) < 4.78 is 10.9. The SMILES string of the molecule is [SiH3]C1CCCCO1.c1ccc(Oc2ccccc2)cc1. The van der Waals surface area contributed by atoms with Crippen LogP contribution in [0.2, 0.25) is 0 Å². The van der Waals surface area contributed by atoms with Crippen LogP contribution in [-0.2, 0) is 4.74 Å². The zero-order valence-electron chi connectivity index (χ0n) is 12.0. The molecule has 0 spiro atoms. The van der Waals surface area contributed by atoms with Gasteiger partial charge in [-0.15, -0.1) is 0 Å². The second-order valence-electron chi connectivity index (χ2n) is 4.91. The molecule has 0 bridgehead atoms. The van der Waals surface area contributed by atoms with Crippen molar-refractivity contribution in [2.24, 2.45) is 0 Å². The summed E-state index contributed by atoms with van der Waals surface area (Å²) >= 11 is 0. The Bertz CT molecular complexity index is 429. The fourth-order valence-electron chi connectivity index (χ4n) is 2.01. The second-order valence-corrected chi connectivity index (χ2v) is 6.19. The molecule has 106 valence electrons. The van der Waals surface area contributed by atoms with E-state index in [9.17, 15) is 0 Å². The van der Waals surface area contributed by atoms with Crippen LogP contribution in [0.25, 0.3) is 0 Å². The normalized spacial score (nSPS) is 17.9. The van der Waals surface area contributed by atoms with E-state index in [0.29, 0.717) is 5.73 Å². The van der Waals surface area contributed by atoms with Crippen LogP contribution >= 0.6 is 0 Å². The molecule has 1 heterocycles. The van der Waals surface area contributed by atoms with Gasteiger partial charge < -0.3 is 9.47 Å². The number of hydrogen-bond acceptors (Lipinski definition) is 2. The summed E-state index contributed by atoms with van der Waals surface area (Å²) in [5, 5.41) is 0. The first kappa shape index (κ1) is 14.8. The molecule has 20 heavy (non-hydrogen) atoms. The highest BCUT2D eigenvalue weighted by atomic mass is 28.1. The van der Waals surface area contributed by atoms with Crippen molar-refractivity contribution in [3.63, 3.8) is 0 Å². The third-order valence-corrected chi connectivity index (χ3v) is 4.04. The molecule has 0 N–H and O–H groups in total. The maximum absolute atomic E-state index is 5.58. The van der Waals surface area contributed by atoms with Crippen molar-refractivity contribution in [3.05, 3.63) is 60.7 Å². The summed E-state index contributed by atoms with van der Waals surface area (Å²) in [4.78, 5) is 0. The van der Waals surface area contributed by atoms with E-state index >= 15 is 0 Å². The van der Waals surface area contributed by atoms with Gasteiger partial charge in [0, 0.05) is 22.6 Å². The minimum absolute atomic E-state index is 0.675. The monoisotopic (exact) mass is 286 g/mol. The van der Waals surface area contributed by atoms with Gasteiger partial charge in [0.25, 0.3) is 0 Å². The van der Waals surface area contributed by atoms with E-state index in [1.165, 1.54) is 29.5 Å². The molecule has 2 aromatic rings. The van der Waals surface area contributed by atoms with Crippen LogP contribution in [0, 0.1) is 0 Å². The highest BCUT2D eigenvalue weighted by molar-refractivity contribution is 6.11. The predicted molar refractivity (Wildman–Crippen MR) is 86.5 cm³/mol. The Labute approximate surface area is 124 Å². The van der Waals surface area contributed by atoms with Crippen LogP contribution in [0.1, 0.15) is 19.3 Å². The molecule has 0 saturated carbocycles. The van der Waals surface area contributed by atoms with Crippen molar-refractivity contribution in [3.8, 4) is 11.5 Å². The Morgan fingerprint density at radius 2 is 1.40 bits per heavy atom. The molecule has 3 rings (SSSR count). The topological polar surface area (TPSA) is 18.5 Å². The molecule has 0 aromatic heterocycles. The van der Waals surface area contributed by atoms with E-state index in [1.807, 2.05) is 60.7 Å². The van der Waals surface area contributed by atoms with Gasteiger partial charge in [-0.3, -0.25) is 0 Å². The van der Waals surface area contributed by atoms with E-state index in [-0.39, 0.29) is 0 Å². The van der Waals surface area contributed by atoms with Gasteiger partial charge in [0.15, 0.2) is 0 Å². The fraction of sp³-hybridized carbons (Fsp3) is 0.294. The molecule has 1 fully saturated rings. The van der Waals surface area contributed by atoms with Crippen LogP contribution in [0.5, 0.6) is 11.5 Å². The molecule has 2 nitrogen and oxygen atoms in total. The lowest BCUT2D eigenvalue weighted by molar-refractivity contribution is 0.0675. The molecule has 1 saturated heterocycles. The third-order valence-electron chi connectivity index (χ3n) is 3.13. The Hall–Kier alpha value is -1.58. The van der Waals surface area contributed by atoms with E-state index < -0.39 is 0 Å². The average molecular weight is 286 g/mol. The molecule has 0 amide bonds. The largest absolute Gasteiger partial charge is 0.457 e. The van der Waals surface area contributed by atoms with E-state index in [1.54, 1.807) is 0 Å². The zero-order valence-corrected chi connectivity index (χ0v) is 14.0. The highest BCUT2D eigenvalue weighted by Crippen LogP contribution is 2.19. The first-order valence-electron chi connectivity index (χ1n) is 7.24. The molecule has 0 radical (unpaired) electrons. The molecule has 1 atom stereocenters. The first-order chi connectivity index (χ1) is 9.84. The standard InChI is InChI=1S/C12H10O.C5H12OSi/c1-3-7-11(8-4-1)13-12-9-5-2-6-10-12;7-5-3-1-2-4-6-5/h1-10H;5H,1-4H2,7H3. The van der Waals surface area contributed by atoms with Gasteiger partial charge >= 0.3 is 0 Å². The lowest BCUT2D eigenvalue weighted by atomic mass is 10.2. The van der Waals surface area contributed by atoms with Crippen LogP contribution in [-0.4, -0.2) is 22.6 Å². The van der Waals surface area contributed by atoms with Gasteiger partial charge in [-0.1, -0.05) is 36.4 Å². The number of para-hydroxylation sites is 2. The van der Waals surface area contributed by atoms with Gasteiger partial charge in [-0.05, 0) is 43.5 Å². The Morgan fingerprint density at radius 3 is 1.75 bits per heavy atom. The summed E-state index contributed by atoms with van der Waals surface area (Å²) in [5.74, 6) is 1.74. The highest BCUT2D eigenvalue weighted by Gasteiger charge is 2.05. The van der Waals surface area contributed by atoms with E-state index in [4.69, 9.17) is 9.47 Å². The minimum atomic E-state index is 0.675. The Morgan fingerprint density at radius 1 is 0.850 bits per heavy atom. The van der Waals surface area contributed by atoms with Crippen molar-refractivity contribution < 1.29 is 9.47 Å². The van der Waals surface area contributed by atoms with E-state index in [0.717, 1.165) is 18.1 Å². The maximum atomic E-state index is 5.58. The maximum Gasteiger partial charge on any atom is 0.127 e. The lowest BCUT2D eigenvalue weighted by Crippen LogP contribution is -2.18. The number of hydrogen-bond donors (Lipinski definition) is 0. The van der Waals surface area contributed by atoms with Crippen molar-refractivity contribution in [1.29, 1.82) is 0 Å². The molecule has 1 aliphatic heterocycles. The average Bonchev–Trinajstić information content (AvgIpc) is 2.51. The molecular formula is C17H22O2Si. The smallest absolute Gasteiger partial charge is 0.127 e. The zero-order chi connectivity index (χ0) is 14.0. The summed E-state index contributed by atoms with van der Waals surface area (Å²) in [6, 6.07) is 19.5. The van der Waals surface area contributed by atoms with Crippen molar-refractivity contribution >= 4 is 10.2 Å². The number of benzene rings is 2. The molecule has 0 aliphatic carbocycles. The number of rotatable bonds is 2. The summed E-state index contributed by atoms with van der Waals surface area (Å²) in [6.45, 7) is 1.02. The molecule has 1 unspecified atom stereocenters. The van der Waals surface area contributed by atoms with Crippen molar-refractivity contribution in [2.75, 3.05) is 6.61 Å². The third kappa shape index (κ3) is 5.59. The Kier molecular flexibility index (Phi) is 6.34. The fourth-order valence-corrected chi connectivity index (χ4v) is 2.66. The van der Waals surface area contributed by atoms with Gasteiger partial charge in [0.2, 0.25) is 0 Å². The molecule has 3 heteroatoms. The van der Waals surface area contributed by atoms with Gasteiger partial charge in [-0.2, -0.15) is 0 Å². The quantitative estimate of drug-likeness (QED) is 0.788. The van der Waals surface area contributed by atoms with Crippen LogP contribution in [0.3, 0.4) is 0 Å². The molecular weight excluding hydrogens is 264 g/mol. The lowest BCUT2D eigenvalue weighted by Gasteiger charge is -2.17. The molecule has 1 aliphatic rings. The first-order valence-corrected chi connectivity index (χ1v) is 8.39. The van der Waals surface area contributed by atoms with Crippen LogP contribution < -0.4 is 4.74 Å². The van der Waals surface area contributed by atoms with E-state index in [2.05, 4.69) is 0 Å². The van der Waals surface area contributed by atoms with Gasteiger partial charge in [-0.25, -0.2) is 0 Å². The summed E-state index contributed by atoms with van der Waals surface area (Å²) in [7, 11) is 1.23. The van der Waals surface area contributed by atoms with Crippen molar-refractivity contribution in [2.45, 2.75) is 25.0 Å². The molecule has 2 aromatic carbocycles. The number of ether oxygens (including phenoxy) is 2. The van der Waals surface area contributed by atoms with Crippen LogP contribution in [0.4, 0.5) is 0 Å². The second kappa shape index (κ2) is 8.56.